The van der Waals surface area contributed by atoms with Crippen molar-refractivity contribution < 1.29 is 14.6 Å². The molecule has 0 unspecified atom stereocenters. The van der Waals surface area contributed by atoms with Crippen LogP contribution >= 0.6 is 0 Å². The van der Waals surface area contributed by atoms with E-state index in [1.165, 1.54) is 7.11 Å². The van der Waals surface area contributed by atoms with Gasteiger partial charge in [0, 0.05) is 7.11 Å². The summed E-state index contributed by atoms with van der Waals surface area (Å²) in [5.41, 5.74) is -0.897. The second-order valence-electron chi connectivity index (χ2n) is 4.59. The molecule has 0 saturated heterocycles. The van der Waals surface area contributed by atoms with Crippen LogP contribution < -0.4 is 0 Å². The number of hydrogen-bond acceptors (Lipinski definition) is 2. The molecule has 14 heavy (non-hydrogen) atoms. The van der Waals surface area contributed by atoms with Crippen molar-refractivity contribution >= 4 is 5.97 Å². The standard InChI is InChI=1S/C11H20O3/c1-8(2)9-4-6-11(14-3,7-5-9)10(12)13/h8-9H,4-7H2,1-3H3,(H,12,13). The summed E-state index contributed by atoms with van der Waals surface area (Å²) >= 11 is 0. The van der Waals surface area contributed by atoms with E-state index in [4.69, 9.17) is 9.84 Å². The van der Waals surface area contributed by atoms with Crippen molar-refractivity contribution in [3.05, 3.63) is 0 Å². The number of rotatable bonds is 3. The second-order valence-corrected chi connectivity index (χ2v) is 4.59. The van der Waals surface area contributed by atoms with Crippen molar-refractivity contribution in [2.45, 2.75) is 45.1 Å². The molecule has 0 aromatic carbocycles. The molecule has 0 heterocycles. The van der Waals surface area contributed by atoms with Crippen molar-refractivity contribution in [3.63, 3.8) is 0 Å². The Morgan fingerprint density at radius 3 is 2.21 bits per heavy atom. The molecule has 0 aliphatic heterocycles. The Hall–Kier alpha value is -0.570. The summed E-state index contributed by atoms with van der Waals surface area (Å²) in [7, 11) is 1.50. The zero-order valence-electron chi connectivity index (χ0n) is 9.25. The third-order valence-corrected chi connectivity index (χ3v) is 3.56. The smallest absolute Gasteiger partial charge is 0.335 e. The number of aliphatic carboxylic acids is 1. The molecule has 0 aromatic heterocycles. The molecule has 0 radical (unpaired) electrons. The fourth-order valence-corrected chi connectivity index (χ4v) is 2.28. The van der Waals surface area contributed by atoms with Crippen LogP contribution in [0.1, 0.15) is 39.5 Å². The Labute approximate surface area is 85.5 Å². The number of ether oxygens (including phenoxy) is 1. The average molecular weight is 200 g/mol. The average Bonchev–Trinajstić information content (AvgIpc) is 2.17. The van der Waals surface area contributed by atoms with Crippen molar-refractivity contribution in [3.8, 4) is 0 Å². The number of hydrogen-bond donors (Lipinski definition) is 1. The van der Waals surface area contributed by atoms with Gasteiger partial charge in [-0.1, -0.05) is 13.8 Å². The lowest BCUT2D eigenvalue weighted by molar-refractivity contribution is -0.167. The normalized spacial score (nSPS) is 33.3. The highest BCUT2D eigenvalue weighted by molar-refractivity contribution is 5.77. The molecule has 0 spiro atoms. The van der Waals surface area contributed by atoms with E-state index in [2.05, 4.69) is 13.8 Å². The molecule has 1 aliphatic carbocycles. The fraction of sp³-hybridized carbons (Fsp3) is 0.909. The summed E-state index contributed by atoms with van der Waals surface area (Å²) in [6.45, 7) is 4.40. The Balaban J connectivity index is 2.59. The Kier molecular flexibility index (Phi) is 3.53. The van der Waals surface area contributed by atoms with Gasteiger partial charge in [0.2, 0.25) is 0 Å². The van der Waals surface area contributed by atoms with E-state index in [9.17, 15) is 4.79 Å². The summed E-state index contributed by atoms with van der Waals surface area (Å²) in [6, 6.07) is 0. The molecular formula is C11H20O3. The Morgan fingerprint density at radius 1 is 1.43 bits per heavy atom. The molecule has 3 heteroatoms. The number of methoxy groups -OCH3 is 1. The lowest BCUT2D eigenvalue weighted by Crippen LogP contribution is -2.44. The maximum Gasteiger partial charge on any atom is 0.335 e. The molecule has 0 amide bonds. The van der Waals surface area contributed by atoms with Crippen molar-refractivity contribution in [1.29, 1.82) is 0 Å². The summed E-state index contributed by atoms with van der Waals surface area (Å²) in [5, 5.41) is 9.09. The zero-order valence-corrected chi connectivity index (χ0v) is 9.25. The topological polar surface area (TPSA) is 46.5 Å². The van der Waals surface area contributed by atoms with Crippen LogP contribution in [0.5, 0.6) is 0 Å². The van der Waals surface area contributed by atoms with E-state index < -0.39 is 11.6 Å². The molecule has 0 atom stereocenters. The Bertz CT molecular complexity index is 203. The summed E-state index contributed by atoms with van der Waals surface area (Å²) in [4.78, 5) is 11.1. The minimum absolute atomic E-state index is 0.652. The van der Waals surface area contributed by atoms with E-state index in [0.717, 1.165) is 12.8 Å². The molecule has 1 fully saturated rings. The van der Waals surface area contributed by atoms with Crippen LogP contribution in [0.15, 0.2) is 0 Å². The largest absolute Gasteiger partial charge is 0.479 e. The van der Waals surface area contributed by atoms with Crippen LogP contribution in [0, 0.1) is 11.8 Å². The summed E-state index contributed by atoms with van der Waals surface area (Å²) in [6.07, 6.45) is 3.25. The summed E-state index contributed by atoms with van der Waals surface area (Å²) < 4.78 is 5.17. The van der Waals surface area contributed by atoms with E-state index in [-0.39, 0.29) is 0 Å². The molecule has 1 N–H and O–H groups in total. The first kappa shape index (κ1) is 11.5. The molecule has 1 saturated carbocycles. The second kappa shape index (κ2) is 4.30. The molecule has 0 aromatic rings. The van der Waals surface area contributed by atoms with E-state index in [1.54, 1.807) is 0 Å². The maximum atomic E-state index is 11.1. The minimum atomic E-state index is -0.897. The molecule has 1 aliphatic rings. The molecular weight excluding hydrogens is 180 g/mol. The number of carboxylic acids is 1. The van der Waals surface area contributed by atoms with Crippen LogP contribution in [0.2, 0.25) is 0 Å². The lowest BCUT2D eigenvalue weighted by Gasteiger charge is -2.37. The predicted molar refractivity (Wildman–Crippen MR) is 54.2 cm³/mol. The highest BCUT2D eigenvalue weighted by Crippen LogP contribution is 2.37. The van der Waals surface area contributed by atoms with Gasteiger partial charge in [-0.15, -0.1) is 0 Å². The monoisotopic (exact) mass is 200 g/mol. The minimum Gasteiger partial charge on any atom is -0.479 e. The van der Waals surface area contributed by atoms with E-state index in [0.29, 0.717) is 24.7 Å². The van der Waals surface area contributed by atoms with Crippen LogP contribution in [-0.2, 0) is 9.53 Å². The van der Waals surface area contributed by atoms with Crippen LogP contribution in [-0.4, -0.2) is 23.8 Å². The third-order valence-electron chi connectivity index (χ3n) is 3.56. The van der Waals surface area contributed by atoms with Gasteiger partial charge in [-0.25, -0.2) is 4.79 Å². The van der Waals surface area contributed by atoms with E-state index in [1.807, 2.05) is 0 Å². The molecule has 1 rings (SSSR count). The van der Waals surface area contributed by atoms with Gasteiger partial charge in [-0.3, -0.25) is 0 Å². The fourth-order valence-electron chi connectivity index (χ4n) is 2.28. The Morgan fingerprint density at radius 2 is 1.93 bits per heavy atom. The van der Waals surface area contributed by atoms with Crippen molar-refractivity contribution in [1.82, 2.24) is 0 Å². The quantitative estimate of drug-likeness (QED) is 0.760. The highest BCUT2D eigenvalue weighted by Gasteiger charge is 2.42. The molecule has 3 nitrogen and oxygen atoms in total. The first-order chi connectivity index (χ1) is 6.52. The predicted octanol–water partition coefficient (Wildman–Crippen LogP) is 2.30. The number of carbonyl (C=O) groups is 1. The van der Waals surface area contributed by atoms with Gasteiger partial charge in [0.25, 0.3) is 0 Å². The zero-order chi connectivity index (χ0) is 10.8. The molecule has 0 bridgehead atoms. The van der Waals surface area contributed by atoms with Gasteiger partial charge >= 0.3 is 5.97 Å². The van der Waals surface area contributed by atoms with Gasteiger partial charge in [0.1, 0.15) is 0 Å². The van der Waals surface area contributed by atoms with Crippen molar-refractivity contribution in [2.24, 2.45) is 11.8 Å². The lowest BCUT2D eigenvalue weighted by atomic mass is 9.74. The van der Waals surface area contributed by atoms with Crippen LogP contribution in [0.4, 0.5) is 0 Å². The van der Waals surface area contributed by atoms with Crippen LogP contribution in [0.3, 0.4) is 0 Å². The van der Waals surface area contributed by atoms with Gasteiger partial charge < -0.3 is 9.84 Å². The maximum absolute atomic E-state index is 11.1. The SMILES string of the molecule is COC1(C(=O)O)CCC(C(C)C)CC1. The third kappa shape index (κ3) is 2.08. The summed E-state index contributed by atoms with van der Waals surface area (Å²) in [5.74, 6) is 0.512. The number of carboxylic acid groups (broad SMARTS) is 1. The van der Waals surface area contributed by atoms with Gasteiger partial charge in [-0.05, 0) is 37.5 Å². The van der Waals surface area contributed by atoms with Gasteiger partial charge in [0.05, 0.1) is 0 Å². The van der Waals surface area contributed by atoms with Gasteiger partial charge in [0.15, 0.2) is 5.60 Å². The van der Waals surface area contributed by atoms with Crippen LogP contribution in [0.25, 0.3) is 0 Å². The van der Waals surface area contributed by atoms with Gasteiger partial charge in [-0.2, -0.15) is 0 Å². The first-order valence-electron chi connectivity index (χ1n) is 5.30. The molecule has 82 valence electrons. The van der Waals surface area contributed by atoms with Crippen molar-refractivity contribution in [2.75, 3.05) is 7.11 Å². The highest BCUT2D eigenvalue weighted by atomic mass is 16.5. The first-order valence-corrected chi connectivity index (χ1v) is 5.30. The van der Waals surface area contributed by atoms with E-state index >= 15 is 0 Å².